The summed E-state index contributed by atoms with van der Waals surface area (Å²) in [5.74, 6) is 0.535. The van der Waals surface area contributed by atoms with Gasteiger partial charge in [-0.2, -0.15) is 0 Å². The standard InChI is InChI=1S/C24H34N6O/c1-17(2)30(20-7-4-3-5-8-20)23(31)16-29-12-6-9-22(29)21-11-10-18(13-26-21)19-14-27-24(25)28-15-19/h10-11,13-15,17,20,22H,3-9,12,16H2,1-2H3,(H2,25,27,28). The number of aromatic nitrogens is 3. The van der Waals surface area contributed by atoms with Crippen LogP contribution in [-0.4, -0.2) is 55.8 Å². The highest BCUT2D eigenvalue weighted by Crippen LogP contribution is 2.32. The Morgan fingerprint density at radius 2 is 1.74 bits per heavy atom. The Labute approximate surface area is 185 Å². The summed E-state index contributed by atoms with van der Waals surface area (Å²) in [5.41, 5.74) is 8.47. The predicted molar refractivity (Wildman–Crippen MR) is 122 cm³/mol. The van der Waals surface area contributed by atoms with E-state index in [2.05, 4.69) is 45.7 Å². The first-order valence-corrected chi connectivity index (χ1v) is 11.6. The SMILES string of the molecule is CC(C)N(C(=O)CN1CCCC1c1ccc(-c2cnc(N)nc2)cn1)C1CCCCC1. The second-order valence-electron chi connectivity index (χ2n) is 9.12. The Bertz CT molecular complexity index is 861. The zero-order valence-corrected chi connectivity index (χ0v) is 18.7. The molecule has 0 aromatic carbocycles. The van der Waals surface area contributed by atoms with Crippen LogP contribution in [0.3, 0.4) is 0 Å². The molecule has 2 aromatic heterocycles. The zero-order chi connectivity index (χ0) is 21.8. The van der Waals surface area contributed by atoms with Crippen molar-refractivity contribution in [3.63, 3.8) is 0 Å². The van der Waals surface area contributed by atoms with E-state index in [0.717, 1.165) is 49.0 Å². The molecule has 0 radical (unpaired) electrons. The normalized spacial score (nSPS) is 20.3. The average molecular weight is 423 g/mol. The molecule has 7 nitrogen and oxygen atoms in total. The van der Waals surface area contributed by atoms with Crippen LogP contribution >= 0.6 is 0 Å². The first-order chi connectivity index (χ1) is 15.0. The third kappa shape index (κ3) is 5.03. The molecule has 1 aliphatic heterocycles. The van der Waals surface area contributed by atoms with Gasteiger partial charge in [0, 0.05) is 41.8 Å². The number of likely N-dealkylation sites (tertiary alicyclic amines) is 1. The van der Waals surface area contributed by atoms with Crippen LogP contribution in [0.2, 0.25) is 0 Å². The summed E-state index contributed by atoms with van der Waals surface area (Å²) in [5, 5.41) is 0. The van der Waals surface area contributed by atoms with Gasteiger partial charge in [0.15, 0.2) is 0 Å². The van der Waals surface area contributed by atoms with Crippen molar-refractivity contribution < 1.29 is 4.79 Å². The van der Waals surface area contributed by atoms with Crippen LogP contribution < -0.4 is 5.73 Å². The molecule has 1 aliphatic carbocycles. The summed E-state index contributed by atoms with van der Waals surface area (Å²) in [7, 11) is 0. The number of nitrogen functional groups attached to an aromatic ring is 1. The number of anilines is 1. The summed E-state index contributed by atoms with van der Waals surface area (Å²) in [6, 6.07) is 4.97. The van der Waals surface area contributed by atoms with Gasteiger partial charge in [0.1, 0.15) is 0 Å². The lowest BCUT2D eigenvalue weighted by molar-refractivity contribution is -0.137. The molecule has 166 valence electrons. The van der Waals surface area contributed by atoms with Gasteiger partial charge in [-0.05, 0) is 52.1 Å². The van der Waals surface area contributed by atoms with E-state index in [-0.39, 0.29) is 23.9 Å². The van der Waals surface area contributed by atoms with Crippen molar-refractivity contribution >= 4 is 11.9 Å². The van der Waals surface area contributed by atoms with E-state index in [1.165, 1.54) is 19.3 Å². The molecule has 1 amide bonds. The van der Waals surface area contributed by atoms with Crippen LogP contribution in [-0.2, 0) is 4.79 Å². The maximum absolute atomic E-state index is 13.3. The summed E-state index contributed by atoms with van der Waals surface area (Å²) in [6.45, 7) is 5.72. The highest BCUT2D eigenvalue weighted by molar-refractivity contribution is 5.79. The third-order valence-corrected chi connectivity index (χ3v) is 6.65. The summed E-state index contributed by atoms with van der Waals surface area (Å²) in [6.07, 6.45) is 13.5. The van der Waals surface area contributed by atoms with Crippen molar-refractivity contribution in [2.75, 3.05) is 18.8 Å². The number of pyridine rings is 1. The molecule has 7 heteroatoms. The number of nitrogens with two attached hydrogens (primary N) is 1. The molecule has 3 heterocycles. The molecule has 31 heavy (non-hydrogen) atoms. The van der Waals surface area contributed by atoms with Crippen LogP contribution in [0.25, 0.3) is 11.1 Å². The van der Waals surface area contributed by atoms with Crippen LogP contribution in [0, 0.1) is 0 Å². The van der Waals surface area contributed by atoms with Gasteiger partial charge < -0.3 is 10.6 Å². The van der Waals surface area contributed by atoms with Gasteiger partial charge in [0.05, 0.1) is 18.3 Å². The highest BCUT2D eigenvalue weighted by Gasteiger charge is 2.33. The topological polar surface area (TPSA) is 88.2 Å². The quantitative estimate of drug-likeness (QED) is 0.761. The van der Waals surface area contributed by atoms with Crippen molar-refractivity contribution in [1.82, 2.24) is 24.8 Å². The molecule has 1 unspecified atom stereocenters. The molecular weight excluding hydrogens is 388 g/mol. The molecule has 1 saturated heterocycles. The fraction of sp³-hybridized carbons (Fsp3) is 0.583. The van der Waals surface area contributed by atoms with Crippen molar-refractivity contribution in [1.29, 1.82) is 0 Å². The molecule has 2 aromatic rings. The van der Waals surface area contributed by atoms with Gasteiger partial charge in [0.25, 0.3) is 0 Å². The van der Waals surface area contributed by atoms with Crippen molar-refractivity contribution in [2.45, 2.75) is 76.9 Å². The largest absolute Gasteiger partial charge is 0.368 e. The number of rotatable bonds is 6. The minimum Gasteiger partial charge on any atom is -0.368 e. The van der Waals surface area contributed by atoms with Crippen LogP contribution in [0.15, 0.2) is 30.7 Å². The number of amides is 1. The molecule has 4 rings (SSSR count). The molecule has 1 atom stereocenters. The predicted octanol–water partition coefficient (Wildman–Crippen LogP) is 3.83. The van der Waals surface area contributed by atoms with E-state index in [9.17, 15) is 4.79 Å². The molecule has 1 saturated carbocycles. The number of carbonyl (C=O) groups excluding carboxylic acids is 1. The zero-order valence-electron chi connectivity index (χ0n) is 18.7. The molecule has 2 aliphatic rings. The van der Waals surface area contributed by atoms with Crippen LogP contribution in [0.5, 0.6) is 0 Å². The van der Waals surface area contributed by atoms with Gasteiger partial charge in [-0.25, -0.2) is 9.97 Å². The van der Waals surface area contributed by atoms with Gasteiger partial charge in [0.2, 0.25) is 11.9 Å². The van der Waals surface area contributed by atoms with Gasteiger partial charge in [-0.3, -0.25) is 14.7 Å². The van der Waals surface area contributed by atoms with Crippen molar-refractivity contribution in [2.24, 2.45) is 0 Å². The highest BCUT2D eigenvalue weighted by atomic mass is 16.2. The minimum absolute atomic E-state index is 0.195. The Kier molecular flexibility index (Phi) is 6.80. The summed E-state index contributed by atoms with van der Waals surface area (Å²) < 4.78 is 0. The molecule has 2 N–H and O–H groups in total. The lowest BCUT2D eigenvalue weighted by Gasteiger charge is -2.38. The Morgan fingerprint density at radius 1 is 1.03 bits per heavy atom. The second-order valence-corrected chi connectivity index (χ2v) is 9.12. The maximum atomic E-state index is 13.3. The second kappa shape index (κ2) is 9.73. The van der Waals surface area contributed by atoms with Crippen molar-refractivity contribution in [3.05, 3.63) is 36.4 Å². The van der Waals surface area contributed by atoms with E-state index in [1.54, 1.807) is 12.4 Å². The molecular formula is C24H34N6O. The fourth-order valence-electron chi connectivity index (χ4n) is 5.14. The lowest BCUT2D eigenvalue weighted by atomic mass is 9.93. The van der Waals surface area contributed by atoms with E-state index in [0.29, 0.717) is 12.6 Å². The Morgan fingerprint density at radius 3 is 2.39 bits per heavy atom. The number of hydrogen-bond donors (Lipinski definition) is 1. The van der Waals surface area contributed by atoms with E-state index < -0.39 is 0 Å². The first kappa shape index (κ1) is 21.7. The lowest BCUT2D eigenvalue weighted by Crippen LogP contribution is -2.49. The van der Waals surface area contributed by atoms with Gasteiger partial charge in [-0.1, -0.05) is 25.3 Å². The smallest absolute Gasteiger partial charge is 0.237 e. The molecule has 0 spiro atoms. The molecule has 2 fully saturated rings. The number of nitrogens with zero attached hydrogens (tertiary/aromatic N) is 5. The van der Waals surface area contributed by atoms with E-state index >= 15 is 0 Å². The third-order valence-electron chi connectivity index (χ3n) is 6.65. The summed E-state index contributed by atoms with van der Waals surface area (Å²) in [4.78, 5) is 30.6. The average Bonchev–Trinajstić information content (AvgIpc) is 3.23. The summed E-state index contributed by atoms with van der Waals surface area (Å²) >= 11 is 0. The van der Waals surface area contributed by atoms with Crippen molar-refractivity contribution in [3.8, 4) is 11.1 Å². The van der Waals surface area contributed by atoms with E-state index in [4.69, 9.17) is 10.7 Å². The Hall–Kier alpha value is -2.54. The van der Waals surface area contributed by atoms with E-state index in [1.807, 2.05) is 6.20 Å². The van der Waals surface area contributed by atoms with Gasteiger partial charge >= 0.3 is 0 Å². The van der Waals surface area contributed by atoms with Crippen LogP contribution in [0.4, 0.5) is 5.95 Å². The first-order valence-electron chi connectivity index (χ1n) is 11.6. The number of hydrogen-bond acceptors (Lipinski definition) is 6. The van der Waals surface area contributed by atoms with Gasteiger partial charge in [-0.15, -0.1) is 0 Å². The number of carbonyl (C=O) groups is 1. The molecule has 0 bridgehead atoms. The Balaban J connectivity index is 1.44. The monoisotopic (exact) mass is 422 g/mol. The fourth-order valence-corrected chi connectivity index (χ4v) is 5.14. The van der Waals surface area contributed by atoms with Crippen LogP contribution in [0.1, 0.15) is 70.5 Å². The maximum Gasteiger partial charge on any atom is 0.237 e. The minimum atomic E-state index is 0.195.